The SMILES string of the molecule is CN(C)Cc1cccc(NC(=O)C2C=CC(N)C2)c1. The molecule has 0 heterocycles. The normalized spacial score (nSPS) is 21.9. The highest BCUT2D eigenvalue weighted by Crippen LogP contribution is 2.19. The monoisotopic (exact) mass is 259 g/mol. The van der Waals surface area contributed by atoms with Gasteiger partial charge in [-0.3, -0.25) is 4.79 Å². The molecule has 1 aliphatic carbocycles. The molecule has 4 heteroatoms. The van der Waals surface area contributed by atoms with E-state index in [1.165, 1.54) is 5.56 Å². The van der Waals surface area contributed by atoms with Gasteiger partial charge >= 0.3 is 0 Å². The predicted molar refractivity (Wildman–Crippen MR) is 77.7 cm³/mol. The lowest BCUT2D eigenvalue weighted by molar-refractivity contribution is -0.118. The van der Waals surface area contributed by atoms with Crippen molar-refractivity contribution in [1.29, 1.82) is 0 Å². The number of hydrogen-bond donors (Lipinski definition) is 2. The van der Waals surface area contributed by atoms with Crippen molar-refractivity contribution in [2.45, 2.75) is 19.0 Å². The molecule has 0 saturated heterocycles. The zero-order valence-corrected chi connectivity index (χ0v) is 11.5. The minimum absolute atomic E-state index is 0.0100. The molecule has 1 amide bonds. The number of anilines is 1. The van der Waals surface area contributed by atoms with Crippen LogP contribution in [-0.2, 0) is 11.3 Å². The van der Waals surface area contributed by atoms with Crippen LogP contribution in [-0.4, -0.2) is 30.9 Å². The fourth-order valence-corrected chi connectivity index (χ4v) is 2.27. The summed E-state index contributed by atoms with van der Waals surface area (Å²) in [5, 5.41) is 2.95. The standard InChI is InChI=1S/C15H21N3O/c1-18(2)10-11-4-3-5-14(8-11)17-15(19)12-6-7-13(16)9-12/h3-8,12-13H,9-10,16H2,1-2H3,(H,17,19). The van der Waals surface area contributed by atoms with E-state index in [-0.39, 0.29) is 17.9 Å². The molecule has 2 unspecified atom stereocenters. The van der Waals surface area contributed by atoms with Crippen LogP contribution in [0.2, 0.25) is 0 Å². The summed E-state index contributed by atoms with van der Waals surface area (Å²) in [6, 6.07) is 7.95. The summed E-state index contributed by atoms with van der Waals surface area (Å²) in [6.07, 6.45) is 4.49. The fourth-order valence-electron chi connectivity index (χ4n) is 2.27. The average Bonchev–Trinajstić information content (AvgIpc) is 2.75. The van der Waals surface area contributed by atoms with Crippen molar-refractivity contribution >= 4 is 11.6 Å². The molecule has 4 nitrogen and oxygen atoms in total. The van der Waals surface area contributed by atoms with Crippen LogP contribution in [0.15, 0.2) is 36.4 Å². The summed E-state index contributed by atoms with van der Waals surface area (Å²) >= 11 is 0. The van der Waals surface area contributed by atoms with Gasteiger partial charge < -0.3 is 16.0 Å². The van der Waals surface area contributed by atoms with Gasteiger partial charge in [-0.2, -0.15) is 0 Å². The van der Waals surface area contributed by atoms with Gasteiger partial charge in [0.25, 0.3) is 0 Å². The van der Waals surface area contributed by atoms with Crippen molar-refractivity contribution in [1.82, 2.24) is 4.90 Å². The fraction of sp³-hybridized carbons (Fsp3) is 0.400. The minimum Gasteiger partial charge on any atom is -0.326 e. The van der Waals surface area contributed by atoms with Crippen LogP contribution in [0, 0.1) is 5.92 Å². The van der Waals surface area contributed by atoms with Crippen LogP contribution < -0.4 is 11.1 Å². The van der Waals surface area contributed by atoms with Crippen molar-refractivity contribution < 1.29 is 4.79 Å². The van der Waals surface area contributed by atoms with Crippen molar-refractivity contribution in [2.24, 2.45) is 11.7 Å². The number of carbonyl (C=O) groups is 1. The third-order valence-corrected chi connectivity index (χ3v) is 3.15. The molecular weight excluding hydrogens is 238 g/mol. The first-order valence-electron chi connectivity index (χ1n) is 6.53. The van der Waals surface area contributed by atoms with E-state index in [1.807, 2.05) is 44.4 Å². The lowest BCUT2D eigenvalue weighted by Gasteiger charge is -2.13. The first-order chi connectivity index (χ1) is 9.04. The smallest absolute Gasteiger partial charge is 0.231 e. The molecule has 0 spiro atoms. The van der Waals surface area contributed by atoms with Gasteiger partial charge in [-0.25, -0.2) is 0 Å². The number of rotatable bonds is 4. The third kappa shape index (κ3) is 3.91. The summed E-state index contributed by atoms with van der Waals surface area (Å²) in [6.45, 7) is 0.859. The minimum atomic E-state index is -0.104. The maximum absolute atomic E-state index is 12.1. The van der Waals surface area contributed by atoms with E-state index in [2.05, 4.69) is 16.3 Å². The van der Waals surface area contributed by atoms with Crippen molar-refractivity contribution in [3.05, 3.63) is 42.0 Å². The van der Waals surface area contributed by atoms with E-state index in [9.17, 15) is 4.79 Å². The summed E-state index contributed by atoms with van der Waals surface area (Å²) in [4.78, 5) is 14.2. The molecule has 0 saturated carbocycles. The number of nitrogens with zero attached hydrogens (tertiary/aromatic N) is 1. The zero-order chi connectivity index (χ0) is 13.8. The summed E-state index contributed by atoms with van der Waals surface area (Å²) in [5.74, 6) is -0.0845. The quantitative estimate of drug-likeness (QED) is 0.807. The molecule has 0 aromatic heterocycles. The topological polar surface area (TPSA) is 58.4 Å². The van der Waals surface area contributed by atoms with Gasteiger partial charge in [0, 0.05) is 18.3 Å². The lowest BCUT2D eigenvalue weighted by atomic mass is 10.1. The predicted octanol–water partition coefficient (Wildman–Crippen LogP) is 1.59. The van der Waals surface area contributed by atoms with E-state index in [4.69, 9.17) is 5.73 Å². The molecule has 2 rings (SSSR count). The number of carbonyl (C=O) groups excluding carboxylic acids is 1. The lowest BCUT2D eigenvalue weighted by Crippen LogP contribution is -2.24. The molecular formula is C15H21N3O. The van der Waals surface area contributed by atoms with Gasteiger partial charge in [0.2, 0.25) is 5.91 Å². The Morgan fingerprint density at radius 3 is 2.84 bits per heavy atom. The Kier molecular flexibility index (Phi) is 4.35. The zero-order valence-electron chi connectivity index (χ0n) is 11.5. The molecule has 2 atom stereocenters. The maximum atomic E-state index is 12.1. The van der Waals surface area contributed by atoms with Crippen LogP contribution in [0.3, 0.4) is 0 Å². The molecule has 1 aliphatic rings. The Labute approximate surface area is 114 Å². The number of nitrogens with two attached hydrogens (primary N) is 1. The molecule has 1 aromatic carbocycles. The number of hydrogen-bond acceptors (Lipinski definition) is 3. The largest absolute Gasteiger partial charge is 0.326 e. The van der Waals surface area contributed by atoms with Gasteiger partial charge in [0.15, 0.2) is 0 Å². The average molecular weight is 259 g/mol. The van der Waals surface area contributed by atoms with Crippen molar-refractivity contribution in [2.75, 3.05) is 19.4 Å². The molecule has 0 aliphatic heterocycles. The molecule has 0 bridgehead atoms. The molecule has 0 fully saturated rings. The Balaban J connectivity index is 1.99. The maximum Gasteiger partial charge on any atom is 0.231 e. The van der Waals surface area contributed by atoms with Gasteiger partial charge in [0.05, 0.1) is 5.92 Å². The second-order valence-electron chi connectivity index (χ2n) is 5.32. The van der Waals surface area contributed by atoms with Crippen LogP contribution in [0.4, 0.5) is 5.69 Å². The van der Waals surface area contributed by atoms with Gasteiger partial charge in [-0.05, 0) is 38.2 Å². The summed E-state index contributed by atoms with van der Waals surface area (Å²) in [7, 11) is 4.05. The molecule has 19 heavy (non-hydrogen) atoms. The van der Waals surface area contributed by atoms with E-state index in [0.29, 0.717) is 6.42 Å². The van der Waals surface area contributed by atoms with E-state index < -0.39 is 0 Å². The van der Waals surface area contributed by atoms with Crippen LogP contribution in [0.5, 0.6) is 0 Å². The second-order valence-corrected chi connectivity index (χ2v) is 5.32. The first kappa shape index (κ1) is 13.8. The Hall–Kier alpha value is -1.65. The number of benzene rings is 1. The molecule has 0 radical (unpaired) electrons. The highest BCUT2D eigenvalue weighted by molar-refractivity contribution is 5.94. The van der Waals surface area contributed by atoms with Gasteiger partial charge in [-0.1, -0.05) is 24.3 Å². The highest BCUT2D eigenvalue weighted by atomic mass is 16.1. The summed E-state index contributed by atoms with van der Waals surface area (Å²) in [5.41, 5.74) is 7.79. The van der Waals surface area contributed by atoms with E-state index >= 15 is 0 Å². The third-order valence-electron chi connectivity index (χ3n) is 3.15. The van der Waals surface area contributed by atoms with Crippen molar-refractivity contribution in [3.63, 3.8) is 0 Å². The van der Waals surface area contributed by atoms with Gasteiger partial charge in [-0.15, -0.1) is 0 Å². The van der Waals surface area contributed by atoms with Crippen LogP contribution >= 0.6 is 0 Å². The Morgan fingerprint density at radius 1 is 1.42 bits per heavy atom. The molecule has 102 valence electrons. The Morgan fingerprint density at radius 2 is 2.21 bits per heavy atom. The van der Waals surface area contributed by atoms with Crippen LogP contribution in [0.25, 0.3) is 0 Å². The molecule has 1 aromatic rings. The van der Waals surface area contributed by atoms with E-state index in [1.54, 1.807) is 0 Å². The van der Waals surface area contributed by atoms with E-state index in [0.717, 1.165) is 12.2 Å². The number of nitrogens with one attached hydrogen (secondary N) is 1. The number of amides is 1. The Bertz CT molecular complexity index is 482. The van der Waals surface area contributed by atoms with Crippen molar-refractivity contribution in [3.8, 4) is 0 Å². The highest BCUT2D eigenvalue weighted by Gasteiger charge is 2.22. The second kappa shape index (κ2) is 5.99. The molecule has 3 N–H and O–H groups in total. The van der Waals surface area contributed by atoms with Crippen LogP contribution in [0.1, 0.15) is 12.0 Å². The summed E-state index contributed by atoms with van der Waals surface area (Å²) < 4.78 is 0. The first-order valence-corrected chi connectivity index (χ1v) is 6.53. The van der Waals surface area contributed by atoms with Gasteiger partial charge in [0.1, 0.15) is 0 Å².